The van der Waals surface area contributed by atoms with Crippen LogP contribution in [0.4, 0.5) is 5.82 Å². The van der Waals surface area contributed by atoms with Gasteiger partial charge in [0.1, 0.15) is 18.5 Å². The lowest BCUT2D eigenvalue weighted by molar-refractivity contribution is -0.145. The van der Waals surface area contributed by atoms with Gasteiger partial charge in [0.25, 0.3) is 0 Å². The van der Waals surface area contributed by atoms with Crippen LogP contribution in [-0.4, -0.2) is 87.5 Å². The minimum atomic E-state index is -1.10. The van der Waals surface area contributed by atoms with E-state index < -0.39 is 30.5 Å². The lowest BCUT2D eigenvalue weighted by Crippen LogP contribution is -2.32. The number of aliphatic hydroxyl groups is 2. The summed E-state index contributed by atoms with van der Waals surface area (Å²) in [5, 5.41) is 42.9. The Balaban J connectivity index is 1.27. The number of carbonyl (C=O) groups is 1. The van der Waals surface area contributed by atoms with Crippen LogP contribution in [0.25, 0.3) is 11.2 Å². The van der Waals surface area contributed by atoms with E-state index in [9.17, 15) is 25.2 Å². The summed E-state index contributed by atoms with van der Waals surface area (Å²) < 4.78 is 8.13. The number of hydrogen-bond donors (Lipinski definition) is 5. The third-order valence-corrected chi connectivity index (χ3v) is 6.30. The molecule has 3 aromatic rings. The molecular weight excluding hydrogens is 480 g/mol. The second-order valence-corrected chi connectivity index (χ2v) is 9.00. The summed E-state index contributed by atoms with van der Waals surface area (Å²) >= 11 is 1.52. The summed E-state index contributed by atoms with van der Waals surface area (Å²) in [6.45, 7) is 0.574. The van der Waals surface area contributed by atoms with Gasteiger partial charge in [0.15, 0.2) is 23.2 Å². The highest BCUT2D eigenvalue weighted by Crippen LogP contribution is 2.33. The van der Waals surface area contributed by atoms with Gasteiger partial charge in [-0.2, -0.15) is 11.8 Å². The Hall–Kier alpha value is -3.07. The molecule has 190 valence electrons. The monoisotopic (exact) mass is 508 g/mol. The maximum Gasteiger partial charge on any atom is 0.333 e. The van der Waals surface area contributed by atoms with Gasteiger partial charge in [-0.1, -0.05) is 6.42 Å². The van der Waals surface area contributed by atoms with Crippen LogP contribution < -0.4 is 10.2 Å². The van der Waals surface area contributed by atoms with Crippen LogP contribution in [0.15, 0.2) is 24.8 Å². The maximum absolute atomic E-state index is 11.9. The molecule has 4 heterocycles. The number of aliphatic hydroxyl groups excluding tert-OH is 2. The zero-order valence-corrected chi connectivity index (χ0v) is 19.8. The van der Waals surface area contributed by atoms with Crippen molar-refractivity contribution in [2.75, 3.05) is 23.9 Å². The molecule has 13 nitrogen and oxygen atoms in total. The molecule has 5 N–H and O–H groups in total. The van der Waals surface area contributed by atoms with E-state index in [1.54, 1.807) is 4.57 Å². The fraction of sp³-hybridized carbons (Fsp3) is 0.524. The van der Waals surface area contributed by atoms with Crippen molar-refractivity contribution in [2.45, 2.75) is 50.2 Å². The van der Waals surface area contributed by atoms with Gasteiger partial charge >= 0.3 is 5.97 Å². The second kappa shape index (κ2) is 11.1. The first-order valence-electron chi connectivity index (χ1n) is 11.1. The first kappa shape index (κ1) is 25.0. The van der Waals surface area contributed by atoms with Crippen molar-refractivity contribution < 1.29 is 34.8 Å². The maximum atomic E-state index is 11.9. The third-order valence-electron chi connectivity index (χ3n) is 5.64. The Kier molecular flexibility index (Phi) is 7.95. The molecule has 4 unspecified atom stereocenters. The lowest BCUT2D eigenvalue weighted by Gasteiger charge is -2.16. The molecule has 0 aromatic carbocycles. The molecule has 14 heteroatoms. The number of nitrogens with zero attached hydrogens (tertiary/aromatic N) is 5. The van der Waals surface area contributed by atoms with Gasteiger partial charge in [0.05, 0.1) is 12.4 Å². The van der Waals surface area contributed by atoms with Crippen LogP contribution in [0, 0.1) is 0 Å². The molecule has 4 rings (SSSR count). The SMILES string of the molecule is CSCC1OC(n2cnc3c(NCCCCCC(=O)On4c(O)ccc4O)ncnc32)C(O)C1O. The highest BCUT2D eigenvalue weighted by molar-refractivity contribution is 7.98. The van der Waals surface area contributed by atoms with Gasteiger partial charge in [-0.25, -0.2) is 19.7 Å². The molecule has 0 amide bonds. The zero-order chi connectivity index (χ0) is 24.9. The summed E-state index contributed by atoms with van der Waals surface area (Å²) in [4.78, 5) is 29.7. The van der Waals surface area contributed by atoms with Crippen molar-refractivity contribution in [1.29, 1.82) is 0 Å². The van der Waals surface area contributed by atoms with Crippen LogP contribution in [0.1, 0.15) is 31.9 Å². The minimum Gasteiger partial charge on any atom is -0.492 e. The molecule has 1 fully saturated rings. The van der Waals surface area contributed by atoms with Crippen LogP contribution in [0.2, 0.25) is 0 Å². The van der Waals surface area contributed by atoms with Gasteiger partial charge in [-0.15, -0.1) is 4.73 Å². The Morgan fingerprint density at radius 2 is 1.91 bits per heavy atom. The number of aromatic nitrogens is 5. The Labute approximate surface area is 204 Å². The van der Waals surface area contributed by atoms with Crippen molar-refractivity contribution in [3.8, 4) is 11.8 Å². The quantitative estimate of drug-likeness (QED) is 0.229. The first-order chi connectivity index (χ1) is 16.9. The van der Waals surface area contributed by atoms with Gasteiger partial charge in [-0.05, 0) is 19.1 Å². The predicted molar refractivity (Wildman–Crippen MR) is 126 cm³/mol. The number of hydrogen-bond acceptors (Lipinski definition) is 12. The van der Waals surface area contributed by atoms with E-state index in [0.717, 1.165) is 12.8 Å². The number of ether oxygens (including phenoxy) is 1. The van der Waals surface area contributed by atoms with Crippen molar-refractivity contribution in [3.05, 3.63) is 24.8 Å². The summed E-state index contributed by atoms with van der Waals surface area (Å²) in [5.74, 6) is -0.199. The lowest BCUT2D eigenvalue weighted by atomic mass is 10.1. The summed E-state index contributed by atoms with van der Waals surface area (Å²) in [7, 11) is 0. The predicted octanol–water partition coefficient (Wildman–Crippen LogP) is 0.649. The number of unbranched alkanes of at least 4 members (excludes halogenated alkanes) is 2. The topological polar surface area (TPSA) is 177 Å². The summed E-state index contributed by atoms with van der Waals surface area (Å²) in [5.41, 5.74) is 0.990. The fourth-order valence-electron chi connectivity index (χ4n) is 3.85. The highest BCUT2D eigenvalue weighted by Gasteiger charge is 2.44. The number of carbonyl (C=O) groups excluding carboxylic acids is 1. The standard InChI is InChI=1S/C21H28N6O7S/c1-35-9-12-17(31)18(32)21(33-12)26-11-25-16-19(23-10-24-20(16)26)22-8-4-2-3-5-15(30)34-27-13(28)6-7-14(27)29/h6-7,10-12,17-18,21,28-29,31-32H,2-5,8-9H2,1H3,(H,22,23,24). The number of fused-ring (bicyclic) bond motifs is 1. The number of aromatic hydroxyl groups is 2. The van der Waals surface area contributed by atoms with E-state index >= 15 is 0 Å². The Bertz CT molecular complexity index is 1140. The van der Waals surface area contributed by atoms with E-state index in [0.29, 0.717) is 40.4 Å². The molecular formula is C21H28N6O7S. The van der Waals surface area contributed by atoms with Crippen LogP contribution in [0.3, 0.4) is 0 Å². The van der Waals surface area contributed by atoms with Crippen LogP contribution >= 0.6 is 11.8 Å². The molecule has 4 atom stereocenters. The zero-order valence-electron chi connectivity index (χ0n) is 19.0. The number of rotatable bonds is 11. The fourth-order valence-corrected chi connectivity index (χ4v) is 4.45. The molecule has 0 bridgehead atoms. The number of imidazole rings is 1. The number of nitrogens with one attached hydrogen (secondary N) is 1. The van der Waals surface area contributed by atoms with Gasteiger partial charge in [0.2, 0.25) is 11.8 Å². The van der Waals surface area contributed by atoms with E-state index in [2.05, 4.69) is 20.3 Å². The van der Waals surface area contributed by atoms with Crippen molar-refractivity contribution in [1.82, 2.24) is 24.2 Å². The molecule has 0 saturated carbocycles. The minimum absolute atomic E-state index is 0.131. The molecule has 3 aromatic heterocycles. The van der Waals surface area contributed by atoms with E-state index in [-0.39, 0.29) is 18.2 Å². The first-order valence-corrected chi connectivity index (χ1v) is 12.5. The largest absolute Gasteiger partial charge is 0.492 e. The molecule has 0 aliphatic carbocycles. The van der Waals surface area contributed by atoms with Gasteiger partial charge < -0.3 is 35.3 Å². The van der Waals surface area contributed by atoms with Crippen molar-refractivity contribution in [3.63, 3.8) is 0 Å². The molecule has 1 aliphatic rings. The average molecular weight is 509 g/mol. The van der Waals surface area contributed by atoms with Crippen molar-refractivity contribution >= 4 is 34.7 Å². The van der Waals surface area contributed by atoms with Gasteiger partial charge in [0, 0.05) is 30.9 Å². The molecule has 0 spiro atoms. The third kappa shape index (κ3) is 5.45. The van der Waals surface area contributed by atoms with E-state index in [4.69, 9.17) is 9.57 Å². The number of thioether (sulfide) groups is 1. The van der Waals surface area contributed by atoms with Crippen molar-refractivity contribution in [2.24, 2.45) is 0 Å². The Morgan fingerprint density at radius 1 is 1.14 bits per heavy atom. The Morgan fingerprint density at radius 3 is 2.66 bits per heavy atom. The van der Waals surface area contributed by atoms with Crippen LogP contribution in [0.5, 0.6) is 11.8 Å². The van der Waals surface area contributed by atoms with Gasteiger partial charge in [-0.3, -0.25) is 4.57 Å². The van der Waals surface area contributed by atoms with E-state index in [1.165, 1.54) is 36.5 Å². The second-order valence-electron chi connectivity index (χ2n) is 8.09. The highest BCUT2D eigenvalue weighted by atomic mass is 32.2. The number of anilines is 1. The van der Waals surface area contributed by atoms with Crippen LogP contribution in [-0.2, 0) is 9.53 Å². The normalized spacial score (nSPS) is 22.0. The molecule has 35 heavy (non-hydrogen) atoms. The average Bonchev–Trinajstić information content (AvgIpc) is 3.49. The summed E-state index contributed by atoms with van der Waals surface area (Å²) in [6, 6.07) is 2.44. The molecule has 1 aliphatic heterocycles. The molecule has 1 saturated heterocycles. The smallest absolute Gasteiger partial charge is 0.333 e. The summed E-state index contributed by atoms with van der Waals surface area (Å²) in [6.07, 6.45) is 3.58. The van der Waals surface area contributed by atoms with E-state index in [1.807, 2.05) is 6.26 Å². The molecule has 0 radical (unpaired) electrons.